The summed E-state index contributed by atoms with van der Waals surface area (Å²) in [5.41, 5.74) is 0. The van der Waals surface area contributed by atoms with Crippen LogP contribution >= 0.6 is 11.6 Å². The maximum atomic E-state index is 11.9. The zero-order valence-electron chi connectivity index (χ0n) is 10.5. The lowest BCUT2D eigenvalue weighted by Gasteiger charge is -2.08. The molecule has 3 N–H and O–H groups in total. The highest BCUT2D eigenvalue weighted by Gasteiger charge is 2.15. The van der Waals surface area contributed by atoms with E-state index in [-0.39, 0.29) is 28.9 Å². The Kier molecular flexibility index (Phi) is 5.52. The Bertz CT molecular complexity index is 562. The van der Waals surface area contributed by atoms with E-state index in [2.05, 4.69) is 20.3 Å². The molecule has 0 saturated heterocycles. The molecule has 1 aromatic heterocycles. The number of anilines is 1. The number of aromatic nitrogens is 1. The van der Waals surface area contributed by atoms with Crippen molar-refractivity contribution in [3.05, 3.63) is 17.3 Å². The lowest BCUT2D eigenvalue weighted by Crippen LogP contribution is -2.33. The van der Waals surface area contributed by atoms with E-state index >= 15 is 0 Å². The van der Waals surface area contributed by atoms with Crippen molar-refractivity contribution >= 4 is 33.3 Å². The molecule has 1 rings (SSSR count). The number of halogens is 1. The third kappa shape index (κ3) is 4.66. The van der Waals surface area contributed by atoms with E-state index in [4.69, 9.17) is 11.6 Å². The van der Waals surface area contributed by atoms with Crippen LogP contribution < -0.4 is 15.4 Å². The molecule has 7 nitrogen and oxygen atoms in total. The van der Waals surface area contributed by atoms with Crippen LogP contribution in [0.2, 0.25) is 5.02 Å². The minimum Gasteiger partial charge on any atom is -0.372 e. The maximum Gasteiger partial charge on any atom is 0.242 e. The number of amides is 1. The van der Waals surface area contributed by atoms with Gasteiger partial charge in [-0.25, -0.2) is 18.1 Å². The highest BCUT2D eigenvalue weighted by molar-refractivity contribution is 7.89. The smallest absolute Gasteiger partial charge is 0.242 e. The molecular formula is C10H15ClN4O3S. The zero-order valence-corrected chi connectivity index (χ0v) is 12.1. The number of hydrogen-bond acceptors (Lipinski definition) is 5. The molecule has 0 aliphatic carbocycles. The number of hydrogen-bond donors (Lipinski definition) is 3. The Balaban J connectivity index is 2.72. The summed E-state index contributed by atoms with van der Waals surface area (Å²) in [6.07, 6.45) is 1.21. The Labute approximate surface area is 116 Å². The topological polar surface area (TPSA) is 100 Å². The van der Waals surface area contributed by atoms with Crippen molar-refractivity contribution in [1.29, 1.82) is 0 Å². The zero-order chi connectivity index (χ0) is 14.5. The van der Waals surface area contributed by atoms with Gasteiger partial charge in [0.15, 0.2) is 0 Å². The van der Waals surface area contributed by atoms with Gasteiger partial charge in [-0.05, 0) is 6.07 Å². The normalized spacial score (nSPS) is 11.1. The summed E-state index contributed by atoms with van der Waals surface area (Å²) in [5, 5.41) is 5.43. The number of nitrogens with zero attached hydrogens (tertiary/aromatic N) is 1. The van der Waals surface area contributed by atoms with Crippen molar-refractivity contribution in [1.82, 2.24) is 15.0 Å². The number of nitrogens with one attached hydrogen (secondary N) is 3. The van der Waals surface area contributed by atoms with E-state index in [0.717, 1.165) is 0 Å². The van der Waals surface area contributed by atoms with Gasteiger partial charge in [-0.3, -0.25) is 4.79 Å². The summed E-state index contributed by atoms with van der Waals surface area (Å²) in [4.78, 5) is 14.5. The molecule has 0 aliphatic rings. The predicted molar refractivity (Wildman–Crippen MR) is 72.7 cm³/mol. The van der Waals surface area contributed by atoms with Crippen LogP contribution in [0, 0.1) is 0 Å². The Morgan fingerprint density at radius 2 is 2.11 bits per heavy atom. The standard InChI is InChI=1S/C10H15ClN4O3S/c1-7(16)13-3-4-15-19(17,18)8-5-9(11)10(12-2)14-6-8/h5-6,15H,3-4H2,1-2H3,(H,12,14)(H,13,16). The Morgan fingerprint density at radius 1 is 1.42 bits per heavy atom. The first-order valence-electron chi connectivity index (χ1n) is 5.44. The van der Waals surface area contributed by atoms with Gasteiger partial charge in [0.25, 0.3) is 0 Å². The second-order valence-corrected chi connectivity index (χ2v) is 5.81. The Hall–Kier alpha value is -1.38. The molecule has 106 valence electrons. The number of sulfonamides is 1. The van der Waals surface area contributed by atoms with Crippen molar-refractivity contribution in [2.45, 2.75) is 11.8 Å². The molecule has 1 heterocycles. The average molecular weight is 307 g/mol. The third-order valence-corrected chi connectivity index (χ3v) is 3.87. The van der Waals surface area contributed by atoms with Crippen LogP contribution in [0.1, 0.15) is 6.92 Å². The molecule has 19 heavy (non-hydrogen) atoms. The van der Waals surface area contributed by atoms with Crippen LogP contribution in [0.3, 0.4) is 0 Å². The summed E-state index contributed by atoms with van der Waals surface area (Å²) in [7, 11) is -2.05. The lowest BCUT2D eigenvalue weighted by atomic mass is 10.4. The molecule has 0 radical (unpaired) electrons. The lowest BCUT2D eigenvalue weighted by molar-refractivity contribution is -0.118. The van der Waals surface area contributed by atoms with E-state index in [0.29, 0.717) is 5.82 Å². The molecular weight excluding hydrogens is 292 g/mol. The van der Waals surface area contributed by atoms with Crippen LogP contribution in [-0.2, 0) is 14.8 Å². The summed E-state index contributed by atoms with van der Waals surface area (Å²) in [5.74, 6) is 0.182. The number of carbonyl (C=O) groups is 1. The quantitative estimate of drug-likeness (QED) is 0.652. The minimum atomic E-state index is -3.68. The summed E-state index contributed by atoms with van der Waals surface area (Å²) in [6, 6.07) is 1.31. The highest BCUT2D eigenvalue weighted by Crippen LogP contribution is 2.21. The van der Waals surface area contributed by atoms with Crippen molar-refractivity contribution in [2.75, 3.05) is 25.5 Å². The van der Waals surface area contributed by atoms with Gasteiger partial charge in [-0.15, -0.1) is 0 Å². The van der Waals surface area contributed by atoms with Gasteiger partial charge in [0.1, 0.15) is 10.7 Å². The third-order valence-electron chi connectivity index (χ3n) is 2.15. The van der Waals surface area contributed by atoms with E-state index < -0.39 is 10.0 Å². The maximum absolute atomic E-state index is 11.9. The van der Waals surface area contributed by atoms with Crippen LogP contribution in [0.5, 0.6) is 0 Å². The molecule has 0 spiro atoms. The first-order valence-corrected chi connectivity index (χ1v) is 7.30. The van der Waals surface area contributed by atoms with Gasteiger partial charge in [-0.2, -0.15) is 0 Å². The molecule has 0 bridgehead atoms. The molecule has 1 amide bonds. The summed E-state index contributed by atoms with van der Waals surface area (Å²) >= 11 is 5.86. The first kappa shape index (κ1) is 15.7. The fraction of sp³-hybridized carbons (Fsp3) is 0.400. The van der Waals surface area contributed by atoms with Crippen molar-refractivity contribution in [3.8, 4) is 0 Å². The van der Waals surface area contributed by atoms with Crippen LogP contribution in [-0.4, -0.2) is 39.4 Å². The van der Waals surface area contributed by atoms with Gasteiger partial charge in [0.2, 0.25) is 15.9 Å². The second-order valence-electron chi connectivity index (χ2n) is 3.63. The monoisotopic (exact) mass is 306 g/mol. The fourth-order valence-electron chi connectivity index (χ4n) is 1.26. The molecule has 0 fully saturated rings. The first-order chi connectivity index (χ1) is 8.86. The molecule has 0 unspecified atom stereocenters. The number of pyridine rings is 1. The van der Waals surface area contributed by atoms with Crippen molar-refractivity contribution < 1.29 is 13.2 Å². The van der Waals surface area contributed by atoms with Gasteiger partial charge in [0.05, 0.1) is 5.02 Å². The molecule has 0 atom stereocenters. The average Bonchev–Trinajstić information content (AvgIpc) is 2.34. The molecule has 0 aliphatic heterocycles. The molecule has 1 aromatic rings. The fourth-order valence-corrected chi connectivity index (χ4v) is 2.59. The van der Waals surface area contributed by atoms with Gasteiger partial charge >= 0.3 is 0 Å². The van der Waals surface area contributed by atoms with E-state index in [1.807, 2.05) is 0 Å². The molecule has 0 saturated carbocycles. The summed E-state index contributed by atoms with van der Waals surface area (Å²) in [6.45, 7) is 1.66. The number of rotatable bonds is 6. The summed E-state index contributed by atoms with van der Waals surface area (Å²) < 4.78 is 26.1. The molecule has 9 heteroatoms. The Morgan fingerprint density at radius 3 is 2.63 bits per heavy atom. The largest absolute Gasteiger partial charge is 0.372 e. The van der Waals surface area contributed by atoms with Gasteiger partial charge in [0, 0.05) is 33.3 Å². The van der Waals surface area contributed by atoms with Gasteiger partial charge < -0.3 is 10.6 Å². The minimum absolute atomic E-state index is 0.0284. The molecule has 0 aromatic carbocycles. The van der Waals surface area contributed by atoms with Crippen molar-refractivity contribution in [3.63, 3.8) is 0 Å². The van der Waals surface area contributed by atoms with Crippen LogP contribution in [0.15, 0.2) is 17.2 Å². The second kappa shape index (κ2) is 6.69. The SMILES string of the molecule is CNc1ncc(S(=O)(=O)NCCNC(C)=O)cc1Cl. The van der Waals surface area contributed by atoms with Crippen LogP contribution in [0.25, 0.3) is 0 Å². The van der Waals surface area contributed by atoms with E-state index in [9.17, 15) is 13.2 Å². The predicted octanol–water partition coefficient (Wildman–Crippen LogP) is 0.191. The van der Waals surface area contributed by atoms with E-state index in [1.165, 1.54) is 19.2 Å². The number of carbonyl (C=O) groups excluding carboxylic acids is 1. The van der Waals surface area contributed by atoms with Crippen molar-refractivity contribution in [2.24, 2.45) is 0 Å². The van der Waals surface area contributed by atoms with Gasteiger partial charge in [-0.1, -0.05) is 11.6 Å². The highest BCUT2D eigenvalue weighted by atomic mass is 35.5. The van der Waals surface area contributed by atoms with E-state index in [1.54, 1.807) is 7.05 Å². The van der Waals surface area contributed by atoms with Crippen LogP contribution in [0.4, 0.5) is 5.82 Å².